The third-order valence-electron chi connectivity index (χ3n) is 1.59. The molecule has 1 rings (SSSR count). The Morgan fingerprint density at radius 3 is 2.71 bits per heavy atom. The van der Waals surface area contributed by atoms with Crippen molar-refractivity contribution in [2.45, 2.75) is 4.90 Å². The summed E-state index contributed by atoms with van der Waals surface area (Å²) < 4.78 is 27.4. The zero-order valence-electron chi connectivity index (χ0n) is 7.80. The Morgan fingerprint density at radius 2 is 2.14 bits per heavy atom. The van der Waals surface area contributed by atoms with Gasteiger partial charge in [0, 0.05) is 6.26 Å². The van der Waals surface area contributed by atoms with Gasteiger partial charge >= 0.3 is 0 Å². The fourth-order valence-electron chi connectivity index (χ4n) is 0.958. The maximum absolute atomic E-state index is 11.2. The van der Waals surface area contributed by atoms with Crippen LogP contribution in [0.15, 0.2) is 29.2 Å². The molecule has 4 nitrogen and oxygen atoms in total. The molecule has 0 spiro atoms. The Labute approximate surface area is 83.1 Å². The highest BCUT2D eigenvalue weighted by Gasteiger charge is 2.07. The van der Waals surface area contributed by atoms with Crippen molar-refractivity contribution >= 4 is 9.84 Å². The van der Waals surface area contributed by atoms with Gasteiger partial charge in [0.25, 0.3) is 0 Å². The number of hydrogen-bond donors (Lipinski definition) is 1. The molecule has 0 heterocycles. The lowest BCUT2D eigenvalue weighted by Crippen LogP contribution is -2.03. The van der Waals surface area contributed by atoms with E-state index in [2.05, 4.69) is 0 Å². The summed E-state index contributed by atoms with van der Waals surface area (Å²) >= 11 is 0. The molecule has 14 heavy (non-hydrogen) atoms. The minimum absolute atomic E-state index is 0.0941. The quantitative estimate of drug-likeness (QED) is 0.794. The van der Waals surface area contributed by atoms with E-state index in [0.29, 0.717) is 5.75 Å². The van der Waals surface area contributed by atoms with Gasteiger partial charge in [-0.15, -0.1) is 0 Å². The van der Waals surface area contributed by atoms with Crippen LogP contribution in [0.3, 0.4) is 0 Å². The molecule has 0 aliphatic rings. The van der Waals surface area contributed by atoms with Crippen molar-refractivity contribution in [3.05, 3.63) is 24.3 Å². The second-order valence-corrected chi connectivity index (χ2v) is 4.83. The number of aliphatic hydroxyl groups is 1. The van der Waals surface area contributed by atoms with Crippen LogP contribution in [0.1, 0.15) is 0 Å². The number of rotatable bonds is 4. The highest BCUT2D eigenvalue weighted by Crippen LogP contribution is 2.16. The van der Waals surface area contributed by atoms with Gasteiger partial charge in [-0.3, -0.25) is 0 Å². The molecule has 0 aliphatic heterocycles. The average Bonchev–Trinajstić information content (AvgIpc) is 2.14. The van der Waals surface area contributed by atoms with E-state index < -0.39 is 9.84 Å². The molecule has 0 aromatic heterocycles. The Kier molecular flexibility index (Phi) is 3.49. The maximum atomic E-state index is 11.2. The highest BCUT2D eigenvalue weighted by molar-refractivity contribution is 7.90. The van der Waals surface area contributed by atoms with Crippen molar-refractivity contribution in [2.24, 2.45) is 0 Å². The van der Waals surface area contributed by atoms with Crippen LogP contribution in [0.5, 0.6) is 5.75 Å². The summed E-state index contributed by atoms with van der Waals surface area (Å²) in [6.45, 7) is 0.0658. The van der Waals surface area contributed by atoms with Crippen LogP contribution in [0.25, 0.3) is 0 Å². The lowest BCUT2D eigenvalue weighted by molar-refractivity contribution is 0.201. The van der Waals surface area contributed by atoms with Crippen molar-refractivity contribution in [3.8, 4) is 5.75 Å². The first kappa shape index (κ1) is 11.0. The lowest BCUT2D eigenvalue weighted by Gasteiger charge is -2.05. The number of hydrogen-bond acceptors (Lipinski definition) is 4. The van der Waals surface area contributed by atoms with Crippen LogP contribution in [-0.2, 0) is 9.84 Å². The van der Waals surface area contributed by atoms with Crippen molar-refractivity contribution in [1.82, 2.24) is 0 Å². The monoisotopic (exact) mass is 216 g/mol. The molecule has 1 aromatic carbocycles. The number of aliphatic hydroxyl groups excluding tert-OH is 1. The molecule has 0 fully saturated rings. The van der Waals surface area contributed by atoms with E-state index in [1.54, 1.807) is 12.1 Å². The van der Waals surface area contributed by atoms with E-state index >= 15 is 0 Å². The van der Waals surface area contributed by atoms with Gasteiger partial charge in [-0.2, -0.15) is 0 Å². The fraction of sp³-hybridized carbons (Fsp3) is 0.333. The van der Waals surface area contributed by atoms with Gasteiger partial charge in [-0.1, -0.05) is 6.07 Å². The summed E-state index contributed by atoms with van der Waals surface area (Å²) in [4.78, 5) is 0.216. The molecule has 78 valence electrons. The standard InChI is InChI=1S/C9H12O4S/c1-14(11,12)9-4-2-3-8(7-9)13-6-5-10/h2-4,7,10H,5-6H2,1H3. The molecular formula is C9H12O4S. The summed E-state index contributed by atoms with van der Waals surface area (Å²) in [5.74, 6) is 0.446. The summed E-state index contributed by atoms with van der Waals surface area (Å²) in [6.07, 6.45) is 1.14. The largest absolute Gasteiger partial charge is 0.491 e. The van der Waals surface area contributed by atoms with E-state index in [1.807, 2.05) is 0 Å². The van der Waals surface area contributed by atoms with Crippen LogP contribution < -0.4 is 4.74 Å². The van der Waals surface area contributed by atoms with E-state index in [4.69, 9.17) is 9.84 Å². The molecule has 0 saturated carbocycles. The first-order valence-electron chi connectivity index (χ1n) is 4.08. The van der Waals surface area contributed by atoms with Crippen molar-refractivity contribution in [3.63, 3.8) is 0 Å². The van der Waals surface area contributed by atoms with Gasteiger partial charge in [-0.05, 0) is 18.2 Å². The molecule has 0 bridgehead atoms. The molecule has 0 radical (unpaired) electrons. The predicted molar refractivity (Wildman–Crippen MR) is 52.1 cm³/mol. The third-order valence-corrected chi connectivity index (χ3v) is 2.70. The summed E-state index contributed by atoms with van der Waals surface area (Å²) in [7, 11) is -3.19. The topological polar surface area (TPSA) is 63.6 Å². The molecule has 1 aromatic rings. The number of benzene rings is 1. The summed E-state index contributed by atoms with van der Waals surface area (Å²) in [5.41, 5.74) is 0. The van der Waals surface area contributed by atoms with Gasteiger partial charge in [0.15, 0.2) is 9.84 Å². The van der Waals surface area contributed by atoms with E-state index in [1.165, 1.54) is 12.1 Å². The third kappa shape index (κ3) is 3.01. The van der Waals surface area contributed by atoms with Crippen LogP contribution in [-0.4, -0.2) is 33.0 Å². The zero-order chi connectivity index (χ0) is 10.6. The Balaban J connectivity index is 2.90. The fourth-order valence-corrected chi connectivity index (χ4v) is 1.61. The molecular weight excluding hydrogens is 204 g/mol. The first-order valence-corrected chi connectivity index (χ1v) is 5.97. The number of ether oxygens (including phenoxy) is 1. The molecule has 0 saturated heterocycles. The Morgan fingerprint density at radius 1 is 1.43 bits per heavy atom. The van der Waals surface area contributed by atoms with Crippen LogP contribution in [0, 0.1) is 0 Å². The highest BCUT2D eigenvalue weighted by atomic mass is 32.2. The smallest absolute Gasteiger partial charge is 0.175 e. The minimum Gasteiger partial charge on any atom is -0.491 e. The molecule has 0 atom stereocenters. The lowest BCUT2D eigenvalue weighted by atomic mass is 10.3. The average molecular weight is 216 g/mol. The molecule has 5 heteroatoms. The summed E-state index contributed by atoms with van der Waals surface area (Å²) in [6, 6.07) is 6.18. The van der Waals surface area contributed by atoms with Crippen molar-refractivity contribution in [2.75, 3.05) is 19.5 Å². The number of sulfone groups is 1. The molecule has 0 aliphatic carbocycles. The van der Waals surface area contributed by atoms with E-state index in [9.17, 15) is 8.42 Å². The van der Waals surface area contributed by atoms with E-state index in [-0.39, 0.29) is 18.1 Å². The summed E-state index contributed by atoms with van der Waals surface area (Å²) in [5, 5.41) is 8.51. The molecule has 0 amide bonds. The van der Waals surface area contributed by atoms with Gasteiger partial charge in [-0.25, -0.2) is 8.42 Å². The van der Waals surface area contributed by atoms with Crippen LogP contribution >= 0.6 is 0 Å². The first-order chi connectivity index (χ1) is 6.54. The van der Waals surface area contributed by atoms with Crippen LogP contribution in [0.2, 0.25) is 0 Å². The Bertz CT molecular complexity index is 397. The van der Waals surface area contributed by atoms with Gasteiger partial charge in [0.2, 0.25) is 0 Å². The van der Waals surface area contributed by atoms with Gasteiger partial charge in [0.1, 0.15) is 12.4 Å². The predicted octanol–water partition coefficient (Wildman–Crippen LogP) is 0.461. The molecule has 1 N–H and O–H groups in total. The van der Waals surface area contributed by atoms with E-state index in [0.717, 1.165) is 6.26 Å². The van der Waals surface area contributed by atoms with Crippen molar-refractivity contribution in [1.29, 1.82) is 0 Å². The van der Waals surface area contributed by atoms with Crippen LogP contribution in [0.4, 0.5) is 0 Å². The van der Waals surface area contributed by atoms with Crippen molar-refractivity contribution < 1.29 is 18.3 Å². The van der Waals surface area contributed by atoms with Gasteiger partial charge < -0.3 is 9.84 Å². The normalized spacial score (nSPS) is 11.3. The van der Waals surface area contributed by atoms with Gasteiger partial charge in [0.05, 0.1) is 11.5 Å². The Hall–Kier alpha value is -1.07. The zero-order valence-corrected chi connectivity index (χ0v) is 8.62. The molecule has 0 unspecified atom stereocenters. The maximum Gasteiger partial charge on any atom is 0.175 e. The SMILES string of the molecule is CS(=O)(=O)c1cccc(OCCO)c1. The second-order valence-electron chi connectivity index (χ2n) is 2.82. The minimum atomic E-state index is -3.19. The second kappa shape index (κ2) is 4.43.